The molecule has 0 fully saturated rings. The molecule has 88 valence electrons. The van der Waals surface area contributed by atoms with E-state index in [2.05, 4.69) is 9.97 Å². The van der Waals surface area contributed by atoms with Crippen molar-refractivity contribution in [3.63, 3.8) is 0 Å². The number of hydrogen-bond donors (Lipinski definition) is 1. The SMILES string of the molecule is Cc1cc(=O)[nH]c(COc2ccc(Cl)cc2)n1. The molecule has 1 aromatic heterocycles. The smallest absolute Gasteiger partial charge is 0.251 e. The van der Waals surface area contributed by atoms with Crippen molar-refractivity contribution in [3.05, 3.63) is 57.2 Å². The summed E-state index contributed by atoms with van der Waals surface area (Å²) in [6.45, 7) is 1.99. The number of aromatic amines is 1. The van der Waals surface area contributed by atoms with Crippen LogP contribution in [0, 0.1) is 6.92 Å². The molecule has 0 saturated heterocycles. The minimum absolute atomic E-state index is 0.174. The number of halogens is 1. The summed E-state index contributed by atoms with van der Waals surface area (Å²) >= 11 is 5.75. The van der Waals surface area contributed by atoms with Crippen LogP contribution in [0.15, 0.2) is 35.1 Å². The average molecular weight is 251 g/mol. The fraction of sp³-hybridized carbons (Fsp3) is 0.167. The Hall–Kier alpha value is -1.81. The highest BCUT2D eigenvalue weighted by Gasteiger charge is 2.00. The van der Waals surface area contributed by atoms with Crippen LogP contribution in [-0.4, -0.2) is 9.97 Å². The third kappa shape index (κ3) is 3.32. The molecule has 0 amide bonds. The normalized spacial score (nSPS) is 10.2. The summed E-state index contributed by atoms with van der Waals surface area (Å²) in [6, 6.07) is 8.44. The van der Waals surface area contributed by atoms with Gasteiger partial charge < -0.3 is 9.72 Å². The first-order valence-electron chi connectivity index (χ1n) is 5.09. The molecule has 0 spiro atoms. The summed E-state index contributed by atoms with van der Waals surface area (Å²) in [5.41, 5.74) is 0.496. The number of H-pyrrole nitrogens is 1. The lowest BCUT2D eigenvalue weighted by molar-refractivity contribution is 0.295. The van der Waals surface area contributed by atoms with E-state index in [4.69, 9.17) is 16.3 Å². The molecule has 0 aliphatic heterocycles. The summed E-state index contributed by atoms with van der Waals surface area (Å²) in [6.07, 6.45) is 0. The molecular weight excluding hydrogens is 240 g/mol. The topological polar surface area (TPSA) is 55.0 Å². The fourth-order valence-corrected chi connectivity index (χ4v) is 1.52. The van der Waals surface area contributed by atoms with E-state index in [0.717, 1.165) is 0 Å². The van der Waals surface area contributed by atoms with E-state index < -0.39 is 0 Å². The monoisotopic (exact) mass is 250 g/mol. The maximum Gasteiger partial charge on any atom is 0.251 e. The molecule has 1 aromatic carbocycles. The highest BCUT2D eigenvalue weighted by atomic mass is 35.5. The van der Waals surface area contributed by atoms with E-state index in [1.165, 1.54) is 6.07 Å². The zero-order valence-electron chi connectivity index (χ0n) is 9.24. The average Bonchev–Trinajstić information content (AvgIpc) is 2.27. The van der Waals surface area contributed by atoms with Crippen molar-refractivity contribution >= 4 is 11.6 Å². The van der Waals surface area contributed by atoms with Crippen molar-refractivity contribution < 1.29 is 4.74 Å². The van der Waals surface area contributed by atoms with Gasteiger partial charge in [-0.25, -0.2) is 4.98 Å². The van der Waals surface area contributed by atoms with E-state index >= 15 is 0 Å². The lowest BCUT2D eigenvalue weighted by Crippen LogP contribution is -2.13. The number of ether oxygens (including phenoxy) is 1. The van der Waals surface area contributed by atoms with Crippen LogP contribution in [-0.2, 0) is 6.61 Å². The van der Waals surface area contributed by atoms with Gasteiger partial charge in [0.25, 0.3) is 5.56 Å². The van der Waals surface area contributed by atoms with Gasteiger partial charge in [-0.15, -0.1) is 0 Å². The molecule has 0 radical (unpaired) electrons. The van der Waals surface area contributed by atoms with Gasteiger partial charge in [0.05, 0.1) is 0 Å². The van der Waals surface area contributed by atoms with Crippen LogP contribution < -0.4 is 10.3 Å². The Morgan fingerprint density at radius 2 is 2.06 bits per heavy atom. The molecule has 1 N–H and O–H groups in total. The Morgan fingerprint density at radius 1 is 1.35 bits per heavy atom. The Bertz CT molecular complexity index is 563. The van der Waals surface area contributed by atoms with Gasteiger partial charge in [-0.1, -0.05) is 11.6 Å². The maximum atomic E-state index is 11.2. The van der Waals surface area contributed by atoms with Crippen LogP contribution in [0.5, 0.6) is 5.75 Å². The molecule has 0 bridgehead atoms. The Kier molecular flexibility index (Phi) is 3.44. The van der Waals surface area contributed by atoms with Crippen LogP contribution in [0.4, 0.5) is 0 Å². The minimum Gasteiger partial charge on any atom is -0.486 e. The number of benzene rings is 1. The van der Waals surface area contributed by atoms with Crippen LogP contribution in [0.2, 0.25) is 5.02 Å². The van der Waals surface area contributed by atoms with Gasteiger partial charge >= 0.3 is 0 Å². The third-order valence-corrected chi connectivity index (χ3v) is 2.36. The van der Waals surface area contributed by atoms with Crippen molar-refractivity contribution in [1.82, 2.24) is 9.97 Å². The second kappa shape index (κ2) is 5.01. The number of hydrogen-bond acceptors (Lipinski definition) is 3. The van der Waals surface area contributed by atoms with Gasteiger partial charge in [0.15, 0.2) is 0 Å². The van der Waals surface area contributed by atoms with Crippen molar-refractivity contribution in [1.29, 1.82) is 0 Å². The van der Waals surface area contributed by atoms with Crippen LogP contribution in [0.3, 0.4) is 0 Å². The van der Waals surface area contributed by atoms with Crippen molar-refractivity contribution in [2.24, 2.45) is 0 Å². The van der Waals surface area contributed by atoms with Crippen molar-refractivity contribution in [3.8, 4) is 5.75 Å². The minimum atomic E-state index is -0.174. The van der Waals surface area contributed by atoms with E-state index in [9.17, 15) is 4.79 Å². The fourth-order valence-electron chi connectivity index (χ4n) is 1.39. The van der Waals surface area contributed by atoms with Crippen LogP contribution in [0.1, 0.15) is 11.5 Å². The van der Waals surface area contributed by atoms with E-state index in [1.807, 2.05) is 0 Å². The maximum absolute atomic E-state index is 11.2. The van der Waals surface area contributed by atoms with E-state index in [1.54, 1.807) is 31.2 Å². The molecule has 2 rings (SSSR count). The molecule has 0 unspecified atom stereocenters. The quantitative estimate of drug-likeness (QED) is 0.910. The summed E-state index contributed by atoms with van der Waals surface area (Å²) < 4.78 is 5.47. The first-order chi connectivity index (χ1) is 8.13. The van der Waals surface area contributed by atoms with E-state index in [0.29, 0.717) is 22.3 Å². The molecular formula is C12H11ClN2O2. The number of aromatic nitrogens is 2. The molecule has 0 saturated carbocycles. The molecule has 4 nitrogen and oxygen atoms in total. The molecule has 0 aliphatic rings. The van der Waals surface area contributed by atoms with Gasteiger partial charge in [-0.05, 0) is 31.2 Å². The summed E-state index contributed by atoms with van der Waals surface area (Å²) in [5.74, 6) is 1.18. The standard InChI is InChI=1S/C12H11ClN2O2/c1-8-6-12(16)15-11(14-8)7-17-10-4-2-9(13)3-5-10/h2-6H,7H2,1H3,(H,14,15,16). The first kappa shape index (κ1) is 11.7. The summed E-state index contributed by atoms with van der Waals surface area (Å²) in [4.78, 5) is 18.0. The largest absolute Gasteiger partial charge is 0.486 e. The lowest BCUT2D eigenvalue weighted by atomic mass is 10.3. The third-order valence-electron chi connectivity index (χ3n) is 2.11. The molecule has 0 atom stereocenters. The second-order valence-electron chi connectivity index (χ2n) is 3.58. The zero-order valence-corrected chi connectivity index (χ0v) is 9.99. The predicted molar refractivity (Wildman–Crippen MR) is 65.4 cm³/mol. The van der Waals surface area contributed by atoms with Gasteiger partial charge in [0.2, 0.25) is 0 Å². The van der Waals surface area contributed by atoms with Crippen LogP contribution in [0.25, 0.3) is 0 Å². The van der Waals surface area contributed by atoms with Crippen LogP contribution >= 0.6 is 11.6 Å². The zero-order chi connectivity index (χ0) is 12.3. The summed E-state index contributed by atoms with van der Waals surface area (Å²) in [5, 5.41) is 0.652. The van der Waals surface area contributed by atoms with Gasteiger partial charge in [0.1, 0.15) is 18.2 Å². The molecule has 17 heavy (non-hydrogen) atoms. The Balaban J connectivity index is 2.07. The molecule has 0 aliphatic carbocycles. The molecule has 2 aromatic rings. The van der Waals surface area contributed by atoms with Gasteiger partial charge in [-0.2, -0.15) is 0 Å². The Labute approximate surface area is 103 Å². The number of rotatable bonds is 3. The number of nitrogens with one attached hydrogen (secondary N) is 1. The van der Waals surface area contributed by atoms with Crippen molar-refractivity contribution in [2.75, 3.05) is 0 Å². The Morgan fingerprint density at radius 3 is 2.71 bits per heavy atom. The van der Waals surface area contributed by atoms with E-state index in [-0.39, 0.29) is 12.2 Å². The summed E-state index contributed by atoms with van der Waals surface area (Å²) in [7, 11) is 0. The van der Waals surface area contributed by atoms with Gasteiger partial charge in [-0.3, -0.25) is 4.79 Å². The predicted octanol–water partition coefficient (Wildman–Crippen LogP) is 2.31. The van der Waals surface area contributed by atoms with Crippen molar-refractivity contribution in [2.45, 2.75) is 13.5 Å². The lowest BCUT2D eigenvalue weighted by Gasteiger charge is -2.05. The van der Waals surface area contributed by atoms with Gasteiger partial charge in [0, 0.05) is 16.8 Å². The second-order valence-corrected chi connectivity index (χ2v) is 4.01. The highest BCUT2D eigenvalue weighted by Crippen LogP contribution is 2.16. The molecule has 5 heteroatoms. The first-order valence-corrected chi connectivity index (χ1v) is 5.46. The molecule has 1 heterocycles. The highest BCUT2D eigenvalue weighted by molar-refractivity contribution is 6.30. The number of nitrogens with zero attached hydrogens (tertiary/aromatic N) is 1. The number of aryl methyl sites for hydroxylation is 1.